The summed E-state index contributed by atoms with van der Waals surface area (Å²) in [6.07, 6.45) is 1.22. The maximum atomic E-state index is 14.3. The number of imidazole rings is 1. The van der Waals surface area contributed by atoms with Crippen LogP contribution in [0.5, 0.6) is 0 Å². The maximum Gasteiger partial charge on any atom is 0.235 e. The van der Waals surface area contributed by atoms with Crippen molar-refractivity contribution in [2.24, 2.45) is 0 Å². The Labute approximate surface area is 191 Å². The van der Waals surface area contributed by atoms with Crippen molar-refractivity contribution in [2.45, 2.75) is 32.6 Å². The van der Waals surface area contributed by atoms with E-state index in [0.29, 0.717) is 33.3 Å². The van der Waals surface area contributed by atoms with E-state index in [1.807, 2.05) is 0 Å². The van der Waals surface area contributed by atoms with Gasteiger partial charge in [-0.3, -0.25) is 4.79 Å². The molecule has 4 aromatic rings. The molecule has 168 valence electrons. The maximum absolute atomic E-state index is 14.3. The summed E-state index contributed by atoms with van der Waals surface area (Å²) in [7, 11) is 0. The van der Waals surface area contributed by atoms with Crippen LogP contribution in [0.3, 0.4) is 0 Å². The molecule has 1 aliphatic rings. The lowest BCUT2D eigenvalue weighted by atomic mass is 9.86. The zero-order chi connectivity index (χ0) is 23.7. The molecule has 1 aliphatic heterocycles. The molecule has 33 heavy (non-hydrogen) atoms. The van der Waals surface area contributed by atoms with Crippen LogP contribution in [0.2, 0.25) is 5.02 Å². The Morgan fingerprint density at radius 1 is 1.06 bits per heavy atom. The molecule has 0 radical (unpaired) electrons. The lowest BCUT2D eigenvalue weighted by molar-refractivity contribution is -0.119. The van der Waals surface area contributed by atoms with Gasteiger partial charge in [0.1, 0.15) is 23.2 Å². The summed E-state index contributed by atoms with van der Waals surface area (Å²) >= 11 is 6.15. The van der Waals surface area contributed by atoms with Crippen LogP contribution in [0.1, 0.15) is 36.5 Å². The molecule has 0 spiro atoms. The van der Waals surface area contributed by atoms with Gasteiger partial charge in [0.05, 0.1) is 16.0 Å². The average molecular weight is 472 g/mol. The molecule has 0 saturated carbocycles. The number of carbonyl (C=O) groups is 1. The summed E-state index contributed by atoms with van der Waals surface area (Å²) in [4.78, 5) is 26.0. The fourth-order valence-corrected chi connectivity index (χ4v) is 4.36. The van der Waals surface area contributed by atoms with Gasteiger partial charge in [0.15, 0.2) is 17.5 Å². The molecule has 1 amide bonds. The zero-order valence-electron chi connectivity index (χ0n) is 17.8. The minimum absolute atomic E-state index is 0.189. The van der Waals surface area contributed by atoms with Gasteiger partial charge in [0.25, 0.3) is 0 Å². The van der Waals surface area contributed by atoms with Gasteiger partial charge in [-0.25, -0.2) is 28.1 Å². The quantitative estimate of drug-likeness (QED) is 0.427. The summed E-state index contributed by atoms with van der Waals surface area (Å²) in [5, 5.41) is 3.15. The first-order valence-corrected chi connectivity index (χ1v) is 10.5. The minimum Gasteiger partial charge on any atom is -0.310 e. The van der Waals surface area contributed by atoms with Crippen molar-refractivity contribution in [1.29, 1.82) is 0 Å². The Kier molecular flexibility index (Phi) is 4.72. The van der Waals surface area contributed by atoms with Crippen molar-refractivity contribution < 1.29 is 18.0 Å². The normalized spacial score (nSPS) is 14.6. The molecule has 10 heteroatoms. The van der Waals surface area contributed by atoms with E-state index in [-0.39, 0.29) is 24.0 Å². The summed E-state index contributed by atoms with van der Waals surface area (Å²) in [5.41, 5.74) is 0.954. The second kappa shape index (κ2) is 7.28. The van der Waals surface area contributed by atoms with E-state index in [2.05, 4.69) is 20.3 Å². The van der Waals surface area contributed by atoms with E-state index in [4.69, 9.17) is 11.6 Å². The predicted molar refractivity (Wildman–Crippen MR) is 117 cm³/mol. The highest BCUT2D eigenvalue weighted by molar-refractivity contribution is 6.30. The molecule has 0 fully saturated rings. The summed E-state index contributed by atoms with van der Waals surface area (Å²) in [6.45, 7) is 5.36. The number of pyridine rings is 1. The first kappa shape index (κ1) is 21.4. The molecule has 0 bridgehead atoms. The predicted octanol–water partition coefficient (Wildman–Crippen LogP) is 4.99. The number of amides is 1. The number of nitrogens with one attached hydrogen (secondary N) is 1. The Bertz CT molecular complexity index is 1480. The van der Waals surface area contributed by atoms with E-state index < -0.39 is 28.4 Å². The monoisotopic (exact) mass is 471 g/mol. The highest BCUT2D eigenvalue weighted by Gasteiger charge is 2.41. The lowest BCUT2D eigenvalue weighted by Gasteiger charge is -2.16. The van der Waals surface area contributed by atoms with Crippen LogP contribution in [0.25, 0.3) is 17.0 Å². The highest BCUT2D eigenvalue weighted by atomic mass is 35.5. The van der Waals surface area contributed by atoms with E-state index in [1.165, 1.54) is 0 Å². The van der Waals surface area contributed by atoms with Crippen molar-refractivity contribution in [2.75, 3.05) is 5.32 Å². The number of nitrogens with zero attached hydrogens (tertiary/aromatic N) is 4. The van der Waals surface area contributed by atoms with Crippen molar-refractivity contribution >= 4 is 28.8 Å². The van der Waals surface area contributed by atoms with Crippen molar-refractivity contribution in [3.05, 3.63) is 75.6 Å². The SMILES string of the molecule is Cc1nc(-c2nc(Cc3c(F)ccc(F)c3F)n3cc(Cl)ccc23)nc2c1C(C)(C)C(=O)N2. The molecule has 1 aromatic carbocycles. The number of benzene rings is 1. The molecule has 1 N–H and O–H groups in total. The second-order valence-corrected chi connectivity index (χ2v) is 8.85. The van der Waals surface area contributed by atoms with Crippen LogP contribution >= 0.6 is 11.6 Å². The third-order valence-corrected chi connectivity index (χ3v) is 6.10. The highest BCUT2D eigenvalue weighted by Crippen LogP contribution is 2.39. The second-order valence-electron chi connectivity index (χ2n) is 8.41. The molecule has 0 aliphatic carbocycles. The van der Waals surface area contributed by atoms with Crippen LogP contribution in [0.4, 0.5) is 19.0 Å². The molecule has 5 rings (SSSR count). The lowest BCUT2D eigenvalue weighted by Crippen LogP contribution is -2.27. The van der Waals surface area contributed by atoms with Gasteiger partial charge in [-0.1, -0.05) is 11.6 Å². The number of anilines is 1. The number of aromatic nitrogens is 4. The Morgan fingerprint density at radius 2 is 1.79 bits per heavy atom. The van der Waals surface area contributed by atoms with Gasteiger partial charge < -0.3 is 9.72 Å². The Morgan fingerprint density at radius 3 is 2.55 bits per heavy atom. The average Bonchev–Trinajstić information content (AvgIpc) is 3.22. The largest absolute Gasteiger partial charge is 0.310 e. The smallest absolute Gasteiger partial charge is 0.235 e. The van der Waals surface area contributed by atoms with Crippen LogP contribution < -0.4 is 5.32 Å². The van der Waals surface area contributed by atoms with Crippen LogP contribution in [0, 0.1) is 24.4 Å². The van der Waals surface area contributed by atoms with Gasteiger partial charge in [0.2, 0.25) is 5.91 Å². The van der Waals surface area contributed by atoms with Gasteiger partial charge in [0, 0.05) is 29.4 Å². The van der Waals surface area contributed by atoms with Crippen LogP contribution in [-0.4, -0.2) is 25.3 Å². The number of hydrogen-bond acceptors (Lipinski definition) is 4. The molecule has 6 nitrogen and oxygen atoms in total. The Hall–Kier alpha value is -3.46. The number of halogens is 4. The molecule has 4 heterocycles. The zero-order valence-corrected chi connectivity index (χ0v) is 18.6. The molecule has 3 aromatic heterocycles. The molecule has 0 unspecified atom stereocenters. The van der Waals surface area contributed by atoms with Crippen LogP contribution in [0.15, 0.2) is 30.5 Å². The number of carbonyl (C=O) groups excluding carboxylic acids is 1. The molecule has 0 atom stereocenters. The Balaban J connectivity index is 1.70. The van der Waals surface area contributed by atoms with E-state index in [9.17, 15) is 18.0 Å². The third-order valence-electron chi connectivity index (χ3n) is 5.87. The number of fused-ring (bicyclic) bond motifs is 2. The standard InChI is InChI=1S/C23H17ClF3N5O/c1-10-17-20(31-22(33)23(17,2)3)30-21(28-10)19-15-7-4-11(24)9-32(15)16(29-19)8-12-13(25)5-6-14(26)18(12)27/h4-7,9H,8H2,1-3H3,(H,28,30,31,33). The first-order valence-electron chi connectivity index (χ1n) is 10.1. The third kappa shape index (κ3) is 3.26. The van der Waals surface area contributed by atoms with E-state index in [1.54, 1.807) is 43.5 Å². The topological polar surface area (TPSA) is 72.2 Å². The van der Waals surface area contributed by atoms with Crippen molar-refractivity contribution in [3.63, 3.8) is 0 Å². The summed E-state index contributed by atoms with van der Waals surface area (Å²) < 4.78 is 43.9. The molecular weight excluding hydrogens is 455 g/mol. The fourth-order valence-electron chi connectivity index (χ4n) is 4.19. The van der Waals surface area contributed by atoms with Gasteiger partial charge in [-0.05, 0) is 45.0 Å². The number of hydrogen-bond donors (Lipinski definition) is 1. The fraction of sp³-hybridized carbons (Fsp3) is 0.217. The molecule has 0 saturated heterocycles. The van der Waals surface area contributed by atoms with E-state index in [0.717, 1.165) is 12.1 Å². The van der Waals surface area contributed by atoms with Crippen molar-refractivity contribution in [1.82, 2.24) is 19.4 Å². The van der Waals surface area contributed by atoms with Gasteiger partial charge in [-0.15, -0.1) is 0 Å². The first-order chi connectivity index (χ1) is 15.6. The van der Waals surface area contributed by atoms with Crippen LogP contribution in [-0.2, 0) is 16.6 Å². The van der Waals surface area contributed by atoms with Gasteiger partial charge >= 0.3 is 0 Å². The van der Waals surface area contributed by atoms with Crippen molar-refractivity contribution in [3.8, 4) is 11.5 Å². The number of rotatable bonds is 3. The van der Waals surface area contributed by atoms with Gasteiger partial charge in [-0.2, -0.15) is 0 Å². The number of aryl methyl sites for hydroxylation is 1. The summed E-state index contributed by atoms with van der Waals surface area (Å²) in [6, 6.07) is 4.92. The van der Waals surface area contributed by atoms with E-state index >= 15 is 0 Å². The minimum atomic E-state index is -1.27. The summed E-state index contributed by atoms with van der Waals surface area (Å²) in [5.74, 6) is -2.65. The molecular formula is C23H17ClF3N5O.